The summed E-state index contributed by atoms with van der Waals surface area (Å²) in [7, 11) is 0. The van der Waals surface area contributed by atoms with E-state index in [1.165, 1.54) is 4.90 Å². The second kappa shape index (κ2) is 5.56. The van der Waals surface area contributed by atoms with Crippen LogP contribution in [0.5, 0.6) is 11.5 Å². The third kappa shape index (κ3) is 2.46. The zero-order valence-electron chi connectivity index (χ0n) is 13.1. The number of carbonyl (C=O) groups excluding carboxylic acids is 2. The molecule has 0 aromatic heterocycles. The van der Waals surface area contributed by atoms with Crippen LogP contribution in [-0.2, 0) is 9.59 Å². The van der Waals surface area contributed by atoms with Gasteiger partial charge in [-0.3, -0.25) is 9.59 Å². The van der Waals surface area contributed by atoms with E-state index >= 15 is 0 Å². The highest BCUT2D eigenvalue weighted by Crippen LogP contribution is 2.35. The van der Waals surface area contributed by atoms with Crippen molar-refractivity contribution < 1.29 is 19.1 Å². The molecule has 6 heteroatoms. The largest absolute Gasteiger partial charge is 0.454 e. The summed E-state index contributed by atoms with van der Waals surface area (Å²) in [5.41, 5.74) is 2.40. The summed E-state index contributed by atoms with van der Waals surface area (Å²) in [6.07, 6.45) is 0.126. The maximum atomic E-state index is 12.6. The van der Waals surface area contributed by atoms with Crippen LogP contribution >= 0.6 is 0 Å². The van der Waals surface area contributed by atoms with Gasteiger partial charge in [0.2, 0.25) is 12.7 Å². The molecule has 0 spiro atoms. The lowest BCUT2D eigenvalue weighted by molar-refractivity contribution is -0.121. The summed E-state index contributed by atoms with van der Waals surface area (Å²) >= 11 is 0. The van der Waals surface area contributed by atoms with Gasteiger partial charge < -0.3 is 14.8 Å². The Labute approximate surface area is 139 Å². The van der Waals surface area contributed by atoms with Crippen LogP contribution in [0.25, 0.3) is 0 Å². The Morgan fingerprint density at radius 1 is 1.04 bits per heavy atom. The van der Waals surface area contributed by atoms with Gasteiger partial charge in [-0.25, -0.2) is 4.90 Å². The standard InChI is InChI=1S/C18H16N2O4/c1-11-2-5-13(6-3-11)20-17(21)9-14(18(20)22)19-12-4-7-15-16(8-12)24-10-23-15/h2-8,14,19H,9-10H2,1H3. The van der Waals surface area contributed by atoms with E-state index in [-0.39, 0.29) is 25.0 Å². The number of ether oxygens (including phenoxy) is 2. The summed E-state index contributed by atoms with van der Waals surface area (Å²) in [6, 6.07) is 12.1. The zero-order valence-corrected chi connectivity index (χ0v) is 13.1. The fourth-order valence-electron chi connectivity index (χ4n) is 2.90. The van der Waals surface area contributed by atoms with Crippen LogP contribution in [-0.4, -0.2) is 24.6 Å². The molecule has 2 aliphatic heterocycles. The van der Waals surface area contributed by atoms with Crippen LogP contribution in [0.3, 0.4) is 0 Å². The number of amides is 2. The Morgan fingerprint density at radius 3 is 2.58 bits per heavy atom. The number of fused-ring (bicyclic) bond motifs is 1. The molecular weight excluding hydrogens is 308 g/mol. The first-order valence-corrected chi connectivity index (χ1v) is 7.71. The molecule has 2 aromatic carbocycles. The SMILES string of the molecule is Cc1ccc(N2C(=O)CC(Nc3ccc4c(c3)OCO4)C2=O)cc1. The summed E-state index contributed by atoms with van der Waals surface area (Å²) < 4.78 is 10.6. The maximum Gasteiger partial charge on any atom is 0.256 e. The van der Waals surface area contributed by atoms with Crippen molar-refractivity contribution >= 4 is 23.2 Å². The third-order valence-corrected chi connectivity index (χ3v) is 4.15. The van der Waals surface area contributed by atoms with Crippen molar-refractivity contribution in [1.29, 1.82) is 0 Å². The van der Waals surface area contributed by atoms with E-state index in [0.717, 1.165) is 11.3 Å². The molecule has 2 amide bonds. The van der Waals surface area contributed by atoms with Gasteiger partial charge in [-0.2, -0.15) is 0 Å². The number of nitrogens with zero attached hydrogens (tertiary/aromatic N) is 1. The number of anilines is 2. The second-order valence-electron chi connectivity index (χ2n) is 5.87. The van der Waals surface area contributed by atoms with E-state index in [1.54, 1.807) is 30.3 Å². The van der Waals surface area contributed by atoms with Crippen LogP contribution in [0.4, 0.5) is 11.4 Å². The monoisotopic (exact) mass is 324 g/mol. The average Bonchev–Trinajstić information content (AvgIpc) is 3.13. The molecule has 2 aliphatic rings. The van der Waals surface area contributed by atoms with Crippen LogP contribution in [0, 0.1) is 6.92 Å². The topological polar surface area (TPSA) is 67.9 Å². The molecule has 0 bridgehead atoms. The van der Waals surface area contributed by atoms with Crippen molar-refractivity contribution in [2.75, 3.05) is 17.0 Å². The zero-order chi connectivity index (χ0) is 16.7. The molecule has 1 fully saturated rings. The van der Waals surface area contributed by atoms with Crippen molar-refractivity contribution in [2.45, 2.75) is 19.4 Å². The maximum absolute atomic E-state index is 12.6. The van der Waals surface area contributed by atoms with E-state index in [9.17, 15) is 9.59 Å². The summed E-state index contributed by atoms with van der Waals surface area (Å²) in [6.45, 7) is 2.15. The normalized spacial score (nSPS) is 19.0. The van der Waals surface area contributed by atoms with Crippen molar-refractivity contribution in [3.05, 3.63) is 48.0 Å². The van der Waals surface area contributed by atoms with Crippen LogP contribution in [0.1, 0.15) is 12.0 Å². The molecule has 122 valence electrons. The Bertz CT molecular complexity index is 816. The number of nitrogens with one attached hydrogen (secondary N) is 1. The van der Waals surface area contributed by atoms with Gasteiger partial charge in [0.1, 0.15) is 6.04 Å². The fourth-order valence-corrected chi connectivity index (χ4v) is 2.90. The van der Waals surface area contributed by atoms with Crippen molar-refractivity contribution in [2.24, 2.45) is 0 Å². The lowest BCUT2D eigenvalue weighted by atomic mass is 10.2. The summed E-state index contributed by atoms with van der Waals surface area (Å²) in [5.74, 6) is 0.853. The predicted octanol–water partition coefficient (Wildman–Crippen LogP) is 2.47. The van der Waals surface area contributed by atoms with Gasteiger partial charge >= 0.3 is 0 Å². The van der Waals surface area contributed by atoms with Crippen LogP contribution in [0.2, 0.25) is 0 Å². The number of aryl methyl sites for hydroxylation is 1. The molecular formula is C18H16N2O4. The minimum Gasteiger partial charge on any atom is -0.454 e. The van der Waals surface area contributed by atoms with Gasteiger partial charge in [0.15, 0.2) is 11.5 Å². The van der Waals surface area contributed by atoms with Gasteiger partial charge in [0.25, 0.3) is 5.91 Å². The lowest BCUT2D eigenvalue weighted by Gasteiger charge is -2.16. The number of hydrogen-bond acceptors (Lipinski definition) is 5. The predicted molar refractivity (Wildman–Crippen MR) is 88.3 cm³/mol. The highest BCUT2D eigenvalue weighted by Gasteiger charge is 2.39. The molecule has 6 nitrogen and oxygen atoms in total. The number of hydrogen-bond donors (Lipinski definition) is 1. The number of imide groups is 1. The Kier molecular flexibility index (Phi) is 3.37. The first kappa shape index (κ1) is 14.6. The molecule has 1 unspecified atom stereocenters. The summed E-state index contributed by atoms with van der Waals surface area (Å²) in [4.78, 5) is 26.1. The van der Waals surface area contributed by atoms with Gasteiger partial charge in [0.05, 0.1) is 12.1 Å². The van der Waals surface area contributed by atoms with E-state index in [4.69, 9.17) is 9.47 Å². The van der Waals surface area contributed by atoms with Gasteiger partial charge in [0, 0.05) is 11.8 Å². The van der Waals surface area contributed by atoms with E-state index in [2.05, 4.69) is 5.32 Å². The molecule has 0 saturated carbocycles. The molecule has 1 N–H and O–H groups in total. The van der Waals surface area contributed by atoms with Gasteiger partial charge in [-0.1, -0.05) is 17.7 Å². The highest BCUT2D eigenvalue weighted by atomic mass is 16.7. The fraction of sp³-hybridized carbons (Fsp3) is 0.222. The third-order valence-electron chi connectivity index (χ3n) is 4.15. The molecule has 2 heterocycles. The molecule has 0 aliphatic carbocycles. The van der Waals surface area contributed by atoms with Crippen molar-refractivity contribution in [3.8, 4) is 11.5 Å². The Morgan fingerprint density at radius 2 is 1.79 bits per heavy atom. The van der Waals surface area contributed by atoms with Crippen molar-refractivity contribution in [1.82, 2.24) is 0 Å². The summed E-state index contributed by atoms with van der Waals surface area (Å²) in [5, 5.41) is 3.11. The average molecular weight is 324 g/mol. The Hall–Kier alpha value is -3.02. The first-order valence-electron chi connectivity index (χ1n) is 7.71. The second-order valence-corrected chi connectivity index (χ2v) is 5.87. The van der Waals surface area contributed by atoms with Crippen molar-refractivity contribution in [3.63, 3.8) is 0 Å². The smallest absolute Gasteiger partial charge is 0.256 e. The van der Waals surface area contributed by atoms with E-state index in [1.807, 2.05) is 19.1 Å². The quantitative estimate of drug-likeness (QED) is 0.879. The molecule has 1 saturated heterocycles. The molecule has 0 radical (unpaired) electrons. The van der Waals surface area contributed by atoms with E-state index < -0.39 is 6.04 Å². The minimum absolute atomic E-state index is 0.126. The molecule has 4 rings (SSSR count). The molecule has 24 heavy (non-hydrogen) atoms. The molecule has 1 atom stereocenters. The number of carbonyl (C=O) groups is 2. The first-order chi connectivity index (χ1) is 11.6. The lowest BCUT2D eigenvalue weighted by Crippen LogP contribution is -2.34. The number of benzene rings is 2. The van der Waals surface area contributed by atoms with Gasteiger partial charge in [-0.05, 0) is 31.2 Å². The van der Waals surface area contributed by atoms with Crippen LogP contribution < -0.4 is 19.7 Å². The van der Waals surface area contributed by atoms with Crippen LogP contribution in [0.15, 0.2) is 42.5 Å². The van der Waals surface area contributed by atoms with Gasteiger partial charge in [-0.15, -0.1) is 0 Å². The van der Waals surface area contributed by atoms with E-state index in [0.29, 0.717) is 17.2 Å². The Balaban J connectivity index is 1.54. The molecule has 2 aromatic rings. The minimum atomic E-state index is -0.584. The highest BCUT2D eigenvalue weighted by molar-refractivity contribution is 6.23. The number of rotatable bonds is 3.